The Kier molecular flexibility index (Phi) is 4.49. The van der Waals surface area contributed by atoms with E-state index in [0.717, 1.165) is 16.6 Å². The highest BCUT2D eigenvalue weighted by molar-refractivity contribution is 6.20. The first kappa shape index (κ1) is 19.7. The molecule has 35 heavy (non-hydrogen) atoms. The SMILES string of the molecule is c1ccc(-c2cc(-c3ccccc3)cc(-n3c4ccccc4c4c5ncccc5ccc43)c2)cc1. The molecule has 0 amide bonds. The van der Waals surface area contributed by atoms with E-state index in [1.54, 1.807) is 0 Å². The van der Waals surface area contributed by atoms with Gasteiger partial charge in [-0.1, -0.05) is 91.0 Å². The summed E-state index contributed by atoms with van der Waals surface area (Å²) in [6, 6.07) is 45.3. The molecule has 0 aliphatic rings. The van der Waals surface area contributed by atoms with Gasteiger partial charge in [-0.05, 0) is 58.7 Å². The van der Waals surface area contributed by atoms with Crippen LogP contribution in [0.25, 0.3) is 60.6 Å². The van der Waals surface area contributed by atoms with Gasteiger partial charge in [0.05, 0.1) is 16.6 Å². The highest BCUT2D eigenvalue weighted by Gasteiger charge is 2.16. The van der Waals surface area contributed by atoms with Crippen LogP contribution in [-0.4, -0.2) is 9.55 Å². The van der Waals surface area contributed by atoms with Crippen molar-refractivity contribution in [2.75, 3.05) is 0 Å². The van der Waals surface area contributed by atoms with Crippen molar-refractivity contribution in [3.05, 3.63) is 134 Å². The van der Waals surface area contributed by atoms with E-state index in [1.165, 1.54) is 44.1 Å². The predicted molar refractivity (Wildman–Crippen MR) is 147 cm³/mol. The van der Waals surface area contributed by atoms with Crippen molar-refractivity contribution in [2.45, 2.75) is 0 Å². The summed E-state index contributed by atoms with van der Waals surface area (Å²) < 4.78 is 2.39. The zero-order chi connectivity index (χ0) is 23.2. The van der Waals surface area contributed by atoms with Crippen LogP contribution in [0.5, 0.6) is 0 Å². The summed E-state index contributed by atoms with van der Waals surface area (Å²) in [5.41, 5.74) is 9.36. The van der Waals surface area contributed by atoms with Gasteiger partial charge >= 0.3 is 0 Å². The molecule has 0 aliphatic heterocycles. The van der Waals surface area contributed by atoms with E-state index in [-0.39, 0.29) is 0 Å². The summed E-state index contributed by atoms with van der Waals surface area (Å²) in [6.45, 7) is 0. The fraction of sp³-hybridized carbons (Fsp3) is 0. The molecule has 0 fully saturated rings. The normalized spacial score (nSPS) is 11.4. The molecule has 0 saturated carbocycles. The van der Waals surface area contributed by atoms with Crippen molar-refractivity contribution in [3.8, 4) is 27.9 Å². The summed E-state index contributed by atoms with van der Waals surface area (Å²) >= 11 is 0. The van der Waals surface area contributed by atoms with Crippen LogP contribution in [-0.2, 0) is 0 Å². The Morgan fingerprint density at radius 2 is 1.14 bits per heavy atom. The minimum Gasteiger partial charge on any atom is -0.309 e. The molecule has 0 unspecified atom stereocenters. The van der Waals surface area contributed by atoms with Gasteiger partial charge in [0.15, 0.2) is 0 Å². The second-order valence-corrected chi connectivity index (χ2v) is 8.89. The Bertz CT molecular complexity index is 1770. The van der Waals surface area contributed by atoms with E-state index in [9.17, 15) is 0 Å². The van der Waals surface area contributed by atoms with Crippen LogP contribution in [0.15, 0.2) is 134 Å². The second kappa shape index (κ2) is 7.96. The largest absolute Gasteiger partial charge is 0.309 e. The quantitative estimate of drug-likeness (QED) is 0.265. The molecule has 2 heterocycles. The van der Waals surface area contributed by atoms with Gasteiger partial charge in [0.1, 0.15) is 0 Å². The first-order valence-electron chi connectivity index (χ1n) is 11.9. The van der Waals surface area contributed by atoms with E-state index < -0.39 is 0 Å². The Morgan fingerprint density at radius 3 is 1.86 bits per heavy atom. The van der Waals surface area contributed by atoms with Crippen LogP contribution in [0.2, 0.25) is 0 Å². The lowest BCUT2D eigenvalue weighted by Gasteiger charge is -2.14. The van der Waals surface area contributed by atoms with E-state index >= 15 is 0 Å². The van der Waals surface area contributed by atoms with Gasteiger partial charge in [-0.15, -0.1) is 0 Å². The predicted octanol–water partition coefficient (Wildman–Crippen LogP) is 8.67. The van der Waals surface area contributed by atoms with Crippen molar-refractivity contribution in [2.24, 2.45) is 0 Å². The van der Waals surface area contributed by atoms with E-state index in [2.05, 4.69) is 126 Å². The fourth-order valence-electron chi connectivity index (χ4n) is 5.21. The van der Waals surface area contributed by atoms with Crippen molar-refractivity contribution >= 4 is 32.7 Å². The van der Waals surface area contributed by atoms with E-state index in [0.29, 0.717) is 0 Å². The molecular formula is C33H22N2. The number of aromatic nitrogens is 2. The fourth-order valence-corrected chi connectivity index (χ4v) is 5.21. The van der Waals surface area contributed by atoms with Gasteiger partial charge in [-0.25, -0.2) is 0 Å². The molecule has 5 aromatic carbocycles. The highest BCUT2D eigenvalue weighted by Crippen LogP contribution is 2.38. The third-order valence-electron chi connectivity index (χ3n) is 6.80. The van der Waals surface area contributed by atoms with Crippen LogP contribution in [0.3, 0.4) is 0 Å². The van der Waals surface area contributed by atoms with Gasteiger partial charge in [0.2, 0.25) is 0 Å². The Morgan fingerprint density at radius 1 is 0.486 bits per heavy atom. The van der Waals surface area contributed by atoms with Gasteiger partial charge in [0.25, 0.3) is 0 Å². The summed E-state index contributed by atoms with van der Waals surface area (Å²) in [5, 5.41) is 3.58. The van der Waals surface area contributed by atoms with Gasteiger partial charge in [-0.2, -0.15) is 0 Å². The molecule has 0 saturated heterocycles. The molecule has 0 N–H and O–H groups in total. The van der Waals surface area contributed by atoms with Crippen LogP contribution < -0.4 is 0 Å². The van der Waals surface area contributed by atoms with Crippen molar-refractivity contribution < 1.29 is 0 Å². The van der Waals surface area contributed by atoms with Crippen molar-refractivity contribution in [3.63, 3.8) is 0 Å². The first-order valence-corrected chi connectivity index (χ1v) is 11.9. The number of pyridine rings is 1. The van der Waals surface area contributed by atoms with Gasteiger partial charge < -0.3 is 4.57 Å². The van der Waals surface area contributed by atoms with Gasteiger partial charge in [-0.3, -0.25) is 4.98 Å². The molecule has 7 rings (SSSR count). The minimum absolute atomic E-state index is 1.04. The van der Waals surface area contributed by atoms with Crippen molar-refractivity contribution in [1.29, 1.82) is 0 Å². The molecule has 0 spiro atoms. The Hall–Kier alpha value is -4.69. The standard InChI is InChI=1S/C33H22N2/c1-3-10-23(11-4-1)26-20-27(24-12-5-2-6-13-24)22-28(21-26)35-30-16-8-7-15-29(30)32-31(35)18-17-25-14-9-19-34-33(25)32/h1-22H. The number of hydrogen-bond acceptors (Lipinski definition) is 1. The summed E-state index contributed by atoms with van der Waals surface area (Å²) in [5.74, 6) is 0. The van der Waals surface area contributed by atoms with E-state index in [4.69, 9.17) is 4.98 Å². The van der Waals surface area contributed by atoms with Crippen molar-refractivity contribution in [1.82, 2.24) is 9.55 Å². The lowest BCUT2D eigenvalue weighted by molar-refractivity contribution is 1.18. The molecule has 2 heteroatoms. The minimum atomic E-state index is 1.04. The lowest BCUT2D eigenvalue weighted by Crippen LogP contribution is -1.96. The molecule has 0 bridgehead atoms. The molecule has 164 valence electrons. The lowest BCUT2D eigenvalue weighted by atomic mass is 9.98. The van der Waals surface area contributed by atoms with Gasteiger partial charge in [0, 0.05) is 28.0 Å². The summed E-state index contributed by atoms with van der Waals surface area (Å²) in [6.07, 6.45) is 1.89. The van der Waals surface area contributed by atoms with Crippen LogP contribution in [0, 0.1) is 0 Å². The number of para-hydroxylation sites is 1. The highest BCUT2D eigenvalue weighted by atomic mass is 15.0. The Labute approximate surface area is 203 Å². The summed E-state index contributed by atoms with van der Waals surface area (Å²) in [7, 11) is 0. The number of rotatable bonds is 3. The molecule has 7 aromatic rings. The maximum absolute atomic E-state index is 4.78. The average molecular weight is 447 g/mol. The molecule has 2 nitrogen and oxygen atoms in total. The van der Waals surface area contributed by atoms with Crippen LogP contribution in [0.4, 0.5) is 0 Å². The van der Waals surface area contributed by atoms with E-state index in [1.807, 2.05) is 12.3 Å². The average Bonchev–Trinajstić information content (AvgIpc) is 3.29. The monoisotopic (exact) mass is 446 g/mol. The third kappa shape index (κ3) is 3.23. The maximum atomic E-state index is 4.78. The number of hydrogen-bond donors (Lipinski definition) is 0. The molecule has 0 radical (unpaired) electrons. The zero-order valence-corrected chi connectivity index (χ0v) is 19.1. The second-order valence-electron chi connectivity index (χ2n) is 8.89. The Balaban J connectivity index is 1.60. The van der Waals surface area contributed by atoms with Crippen LogP contribution >= 0.6 is 0 Å². The molecular weight excluding hydrogens is 424 g/mol. The maximum Gasteiger partial charge on any atom is 0.0802 e. The zero-order valence-electron chi connectivity index (χ0n) is 19.1. The smallest absolute Gasteiger partial charge is 0.0802 e. The first-order chi connectivity index (χ1) is 17.4. The molecule has 0 atom stereocenters. The topological polar surface area (TPSA) is 17.8 Å². The molecule has 2 aromatic heterocycles. The number of fused-ring (bicyclic) bond motifs is 5. The van der Waals surface area contributed by atoms with Crippen LogP contribution in [0.1, 0.15) is 0 Å². The number of nitrogens with zero attached hydrogens (tertiary/aromatic N) is 2. The third-order valence-corrected chi connectivity index (χ3v) is 6.80. The molecule has 0 aliphatic carbocycles. The number of benzene rings is 5. The summed E-state index contributed by atoms with van der Waals surface area (Å²) in [4.78, 5) is 4.78.